The third kappa shape index (κ3) is 4.37. The van der Waals surface area contributed by atoms with Crippen LogP contribution < -0.4 is 0 Å². The maximum Gasteiger partial charge on any atom is 0.328 e. The lowest BCUT2D eigenvalue weighted by molar-refractivity contribution is -0.131. The lowest BCUT2D eigenvalue weighted by Gasteiger charge is -2.37. The maximum atomic E-state index is 13.4. The summed E-state index contributed by atoms with van der Waals surface area (Å²) in [7, 11) is 0. The van der Waals surface area contributed by atoms with Crippen LogP contribution in [0.5, 0.6) is 0 Å². The molecule has 21 heavy (non-hydrogen) atoms. The summed E-state index contributed by atoms with van der Waals surface area (Å²) in [6, 6.07) is 4.86. The largest absolute Gasteiger partial charge is 0.478 e. The molecule has 0 amide bonds. The van der Waals surface area contributed by atoms with Gasteiger partial charge in [0.05, 0.1) is 6.61 Å². The number of rotatable bonds is 7. The van der Waals surface area contributed by atoms with Gasteiger partial charge in [-0.1, -0.05) is 12.5 Å². The van der Waals surface area contributed by atoms with Crippen LogP contribution in [0.1, 0.15) is 30.4 Å². The molecule has 0 atom stereocenters. The highest BCUT2D eigenvalue weighted by Gasteiger charge is 2.24. The minimum atomic E-state index is -1.06. The lowest BCUT2D eigenvalue weighted by atomic mass is 9.91. The zero-order valence-corrected chi connectivity index (χ0v) is 11.8. The quantitative estimate of drug-likeness (QED) is 0.757. The summed E-state index contributed by atoms with van der Waals surface area (Å²) in [5.41, 5.74) is 1.44. The Morgan fingerprint density at radius 2 is 2.19 bits per heavy atom. The molecule has 0 radical (unpaired) electrons. The molecule has 1 aromatic rings. The molecule has 1 saturated carbocycles. The van der Waals surface area contributed by atoms with Crippen LogP contribution in [0.15, 0.2) is 24.3 Å². The highest BCUT2D eigenvalue weighted by atomic mass is 19.1. The van der Waals surface area contributed by atoms with Gasteiger partial charge in [-0.25, -0.2) is 9.18 Å². The standard InChI is InChI=1S/C16H20FNO3/c17-14-6-4-13(12(10-14)5-7-16(20)21)11-18(8-9-19)15-2-1-3-15/h4-7,10,15,19H,1-3,8-9,11H2,(H,20,21)/b7-5+. The van der Waals surface area contributed by atoms with Crippen LogP contribution in [-0.4, -0.2) is 40.3 Å². The summed E-state index contributed by atoms with van der Waals surface area (Å²) in [4.78, 5) is 12.8. The number of benzene rings is 1. The highest BCUT2D eigenvalue weighted by molar-refractivity contribution is 5.85. The molecule has 0 spiro atoms. The Morgan fingerprint density at radius 1 is 1.43 bits per heavy atom. The number of carboxylic acids is 1. The molecule has 1 fully saturated rings. The van der Waals surface area contributed by atoms with E-state index in [-0.39, 0.29) is 12.4 Å². The number of aliphatic hydroxyl groups excluding tert-OH is 1. The zero-order chi connectivity index (χ0) is 15.2. The fourth-order valence-electron chi connectivity index (χ4n) is 2.52. The molecule has 2 N–H and O–H groups in total. The average molecular weight is 293 g/mol. The molecule has 5 heteroatoms. The van der Waals surface area contributed by atoms with Gasteiger partial charge in [-0.05, 0) is 42.2 Å². The predicted molar refractivity (Wildman–Crippen MR) is 78.2 cm³/mol. The van der Waals surface area contributed by atoms with Gasteiger partial charge in [-0.15, -0.1) is 0 Å². The second-order valence-electron chi connectivity index (χ2n) is 5.29. The van der Waals surface area contributed by atoms with Crippen LogP contribution >= 0.6 is 0 Å². The molecule has 1 aliphatic carbocycles. The second-order valence-corrected chi connectivity index (χ2v) is 5.29. The molecular weight excluding hydrogens is 273 g/mol. The highest BCUT2D eigenvalue weighted by Crippen LogP contribution is 2.27. The van der Waals surface area contributed by atoms with Crippen molar-refractivity contribution in [2.45, 2.75) is 31.8 Å². The summed E-state index contributed by atoms with van der Waals surface area (Å²) < 4.78 is 13.4. The minimum Gasteiger partial charge on any atom is -0.478 e. The summed E-state index contributed by atoms with van der Waals surface area (Å²) in [5, 5.41) is 17.9. The second kappa shape index (κ2) is 7.33. The van der Waals surface area contributed by atoms with Crippen molar-refractivity contribution < 1.29 is 19.4 Å². The van der Waals surface area contributed by atoms with Gasteiger partial charge in [0.1, 0.15) is 5.82 Å². The third-order valence-corrected chi connectivity index (χ3v) is 3.87. The smallest absolute Gasteiger partial charge is 0.328 e. The number of hydrogen-bond acceptors (Lipinski definition) is 3. The summed E-state index contributed by atoms with van der Waals surface area (Å²) >= 11 is 0. The number of halogens is 1. The third-order valence-electron chi connectivity index (χ3n) is 3.87. The van der Waals surface area contributed by atoms with Crippen LogP contribution in [0.4, 0.5) is 4.39 Å². The van der Waals surface area contributed by atoms with E-state index in [2.05, 4.69) is 4.90 Å². The molecular formula is C16H20FNO3. The Balaban J connectivity index is 2.18. The van der Waals surface area contributed by atoms with Crippen LogP contribution in [0.3, 0.4) is 0 Å². The monoisotopic (exact) mass is 293 g/mol. The van der Waals surface area contributed by atoms with Gasteiger partial charge < -0.3 is 10.2 Å². The SMILES string of the molecule is O=C(O)/C=C/c1cc(F)ccc1CN(CCO)C1CCC1. The number of aliphatic carboxylic acids is 1. The Bertz CT molecular complexity index is 526. The van der Waals surface area contributed by atoms with E-state index in [9.17, 15) is 14.3 Å². The normalized spacial score (nSPS) is 15.6. The van der Waals surface area contributed by atoms with Gasteiger partial charge >= 0.3 is 5.97 Å². The van der Waals surface area contributed by atoms with Gasteiger partial charge in [0.15, 0.2) is 0 Å². The molecule has 1 aromatic carbocycles. The van der Waals surface area contributed by atoms with Gasteiger partial charge in [0.2, 0.25) is 0 Å². The first-order chi connectivity index (χ1) is 10.1. The number of hydrogen-bond donors (Lipinski definition) is 2. The molecule has 1 aliphatic rings. The van der Waals surface area contributed by atoms with Crippen molar-refractivity contribution in [3.63, 3.8) is 0 Å². The van der Waals surface area contributed by atoms with Crippen molar-refractivity contribution in [1.82, 2.24) is 4.90 Å². The zero-order valence-electron chi connectivity index (χ0n) is 11.8. The molecule has 0 unspecified atom stereocenters. The van der Waals surface area contributed by atoms with Crippen molar-refractivity contribution >= 4 is 12.0 Å². The fourth-order valence-corrected chi connectivity index (χ4v) is 2.52. The molecule has 4 nitrogen and oxygen atoms in total. The van der Waals surface area contributed by atoms with E-state index in [1.165, 1.54) is 24.6 Å². The fraction of sp³-hybridized carbons (Fsp3) is 0.438. The Hall–Kier alpha value is -1.72. The van der Waals surface area contributed by atoms with Gasteiger partial charge in [0, 0.05) is 25.2 Å². The molecule has 0 bridgehead atoms. The summed E-state index contributed by atoms with van der Waals surface area (Å²) in [6.45, 7) is 1.24. The van der Waals surface area contributed by atoms with Crippen molar-refractivity contribution in [2.24, 2.45) is 0 Å². The molecule has 0 saturated heterocycles. The van der Waals surface area contributed by atoms with E-state index >= 15 is 0 Å². The minimum absolute atomic E-state index is 0.0813. The molecule has 0 heterocycles. The Labute approximate surface area is 123 Å². The number of nitrogens with zero attached hydrogens (tertiary/aromatic N) is 1. The van der Waals surface area contributed by atoms with Crippen molar-refractivity contribution in [2.75, 3.05) is 13.2 Å². The average Bonchev–Trinajstić information content (AvgIpc) is 2.37. The van der Waals surface area contributed by atoms with E-state index in [4.69, 9.17) is 5.11 Å². The van der Waals surface area contributed by atoms with E-state index < -0.39 is 5.97 Å². The van der Waals surface area contributed by atoms with E-state index in [1.807, 2.05) is 0 Å². The van der Waals surface area contributed by atoms with E-state index in [0.717, 1.165) is 24.5 Å². The van der Waals surface area contributed by atoms with E-state index in [0.29, 0.717) is 24.7 Å². The predicted octanol–water partition coefficient (Wildman–Crippen LogP) is 2.27. The number of carboxylic acid groups (broad SMARTS) is 1. The van der Waals surface area contributed by atoms with Crippen molar-refractivity contribution in [1.29, 1.82) is 0 Å². The van der Waals surface area contributed by atoms with Gasteiger partial charge in [-0.2, -0.15) is 0 Å². The van der Waals surface area contributed by atoms with Gasteiger partial charge in [-0.3, -0.25) is 4.90 Å². The summed E-state index contributed by atoms with van der Waals surface area (Å²) in [5.74, 6) is -1.45. The lowest BCUT2D eigenvalue weighted by Crippen LogP contribution is -2.41. The molecule has 0 aliphatic heterocycles. The van der Waals surface area contributed by atoms with Crippen LogP contribution in [0.2, 0.25) is 0 Å². The maximum absolute atomic E-state index is 13.4. The summed E-state index contributed by atoms with van der Waals surface area (Å²) in [6.07, 6.45) is 5.85. The number of aliphatic hydroxyl groups is 1. The van der Waals surface area contributed by atoms with Crippen LogP contribution in [0.25, 0.3) is 6.08 Å². The van der Waals surface area contributed by atoms with Crippen molar-refractivity contribution in [3.05, 3.63) is 41.2 Å². The first-order valence-corrected chi connectivity index (χ1v) is 7.14. The molecule has 2 rings (SSSR count). The van der Waals surface area contributed by atoms with Crippen molar-refractivity contribution in [3.8, 4) is 0 Å². The Kier molecular flexibility index (Phi) is 5.47. The van der Waals surface area contributed by atoms with Crippen LogP contribution in [0, 0.1) is 5.82 Å². The first kappa shape index (κ1) is 15.7. The number of carbonyl (C=O) groups is 1. The first-order valence-electron chi connectivity index (χ1n) is 7.14. The Morgan fingerprint density at radius 3 is 2.76 bits per heavy atom. The topological polar surface area (TPSA) is 60.8 Å². The van der Waals surface area contributed by atoms with Gasteiger partial charge in [0.25, 0.3) is 0 Å². The molecule has 114 valence electrons. The molecule has 0 aromatic heterocycles. The van der Waals surface area contributed by atoms with Crippen LogP contribution in [-0.2, 0) is 11.3 Å². The van der Waals surface area contributed by atoms with E-state index in [1.54, 1.807) is 6.07 Å².